The van der Waals surface area contributed by atoms with Gasteiger partial charge < -0.3 is 14.8 Å². The summed E-state index contributed by atoms with van der Waals surface area (Å²) in [6.07, 6.45) is 4.94. The third-order valence-corrected chi connectivity index (χ3v) is 6.20. The van der Waals surface area contributed by atoms with Crippen LogP contribution in [0.3, 0.4) is 0 Å². The Kier molecular flexibility index (Phi) is 6.33. The summed E-state index contributed by atoms with van der Waals surface area (Å²) >= 11 is 0. The van der Waals surface area contributed by atoms with E-state index in [9.17, 15) is 9.59 Å². The average molecular weight is 454 g/mol. The molecule has 0 saturated heterocycles. The number of aryl methyl sites for hydroxylation is 2. The summed E-state index contributed by atoms with van der Waals surface area (Å²) in [5, 5.41) is 2.91. The second-order valence-electron chi connectivity index (χ2n) is 8.45. The lowest BCUT2D eigenvalue weighted by molar-refractivity contribution is -0.119. The Morgan fingerprint density at radius 2 is 1.79 bits per heavy atom. The molecule has 0 spiro atoms. The molecule has 2 aromatic heterocycles. The molecule has 0 atom stereocenters. The molecule has 0 bridgehead atoms. The molecular formula is C27H27N5O2. The van der Waals surface area contributed by atoms with Gasteiger partial charge in [0.05, 0.1) is 11.0 Å². The zero-order valence-electron chi connectivity index (χ0n) is 19.0. The highest BCUT2D eigenvalue weighted by Crippen LogP contribution is 2.27. The number of nitrogens with zero attached hydrogens (tertiary/aromatic N) is 4. The van der Waals surface area contributed by atoms with Gasteiger partial charge in [-0.25, -0.2) is 4.98 Å². The number of benzene rings is 2. The fourth-order valence-electron chi connectivity index (χ4n) is 4.54. The SMILES string of the molecule is O=C(NCCCc1nc2ccccc2n1CC(=O)N1CCCc2ccccc21)c1ccccn1. The first-order chi connectivity index (χ1) is 16.7. The van der Waals surface area contributed by atoms with Crippen LogP contribution in [-0.2, 0) is 24.2 Å². The molecule has 0 saturated carbocycles. The summed E-state index contributed by atoms with van der Waals surface area (Å²) < 4.78 is 2.02. The molecule has 0 aliphatic carbocycles. The molecule has 1 N–H and O–H groups in total. The van der Waals surface area contributed by atoms with Gasteiger partial charge in [0, 0.05) is 31.4 Å². The van der Waals surface area contributed by atoms with E-state index in [0.29, 0.717) is 25.1 Å². The minimum atomic E-state index is -0.187. The van der Waals surface area contributed by atoms with Gasteiger partial charge in [0.15, 0.2) is 0 Å². The van der Waals surface area contributed by atoms with Crippen LogP contribution in [0.5, 0.6) is 0 Å². The molecule has 0 radical (unpaired) electrons. The number of amides is 2. The van der Waals surface area contributed by atoms with Crippen LogP contribution < -0.4 is 10.2 Å². The van der Waals surface area contributed by atoms with Crippen LogP contribution in [0, 0.1) is 0 Å². The Morgan fingerprint density at radius 3 is 2.68 bits per heavy atom. The maximum absolute atomic E-state index is 13.4. The number of imidazole rings is 1. The van der Waals surface area contributed by atoms with Gasteiger partial charge in [-0.1, -0.05) is 36.4 Å². The Labute approximate surface area is 198 Å². The monoisotopic (exact) mass is 453 g/mol. The van der Waals surface area contributed by atoms with Crippen molar-refractivity contribution in [2.24, 2.45) is 0 Å². The highest BCUT2D eigenvalue weighted by molar-refractivity contribution is 5.95. The van der Waals surface area contributed by atoms with Crippen molar-refractivity contribution < 1.29 is 9.59 Å². The first kappa shape index (κ1) is 21.8. The summed E-state index contributed by atoms with van der Waals surface area (Å²) in [6.45, 7) is 1.48. The molecular weight excluding hydrogens is 426 g/mol. The normalized spacial score (nSPS) is 13.0. The van der Waals surface area contributed by atoms with Crippen molar-refractivity contribution in [3.05, 3.63) is 90.0 Å². The molecule has 2 amide bonds. The first-order valence-corrected chi connectivity index (χ1v) is 11.7. The van der Waals surface area contributed by atoms with Gasteiger partial charge in [0.25, 0.3) is 5.91 Å². The number of para-hydroxylation sites is 3. The van der Waals surface area contributed by atoms with Crippen molar-refractivity contribution in [1.29, 1.82) is 0 Å². The number of hydrogen-bond acceptors (Lipinski definition) is 4. The topological polar surface area (TPSA) is 80.1 Å². The lowest BCUT2D eigenvalue weighted by Gasteiger charge is -2.29. The second-order valence-corrected chi connectivity index (χ2v) is 8.45. The average Bonchev–Trinajstić information content (AvgIpc) is 3.23. The van der Waals surface area contributed by atoms with Crippen molar-refractivity contribution in [1.82, 2.24) is 19.9 Å². The highest BCUT2D eigenvalue weighted by atomic mass is 16.2. The molecule has 3 heterocycles. The predicted molar refractivity (Wildman–Crippen MR) is 132 cm³/mol. The van der Waals surface area contributed by atoms with Crippen molar-refractivity contribution in [3.8, 4) is 0 Å². The minimum absolute atomic E-state index is 0.0695. The Balaban J connectivity index is 1.30. The molecule has 0 unspecified atom stereocenters. The van der Waals surface area contributed by atoms with E-state index in [4.69, 9.17) is 4.98 Å². The smallest absolute Gasteiger partial charge is 0.269 e. The number of fused-ring (bicyclic) bond motifs is 2. The van der Waals surface area contributed by atoms with E-state index >= 15 is 0 Å². The van der Waals surface area contributed by atoms with Crippen LogP contribution in [0.15, 0.2) is 72.9 Å². The number of hydrogen-bond donors (Lipinski definition) is 1. The Hall–Kier alpha value is -4.00. The maximum Gasteiger partial charge on any atom is 0.269 e. The van der Waals surface area contributed by atoms with Crippen LogP contribution in [0.25, 0.3) is 11.0 Å². The zero-order valence-corrected chi connectivity index (χ0v) is 19.0. The van der Waals surface area contributed by atoms with Crippen LogP contribution in [0.1, 0.15) is 34.7 Å². The molecule has 34 heavy (non-hydrogen) atoms. The quantitative estimate of drug-likeness (QED) is 0.432. The number of rotatable bonds is 7. The highest BCUT2D eigenvalue weighted by Gasteiger charge is 2.24. The fraction of sp³-hybridized carbons (Fsp3) is 0.259. The van der Waals surface area contributed by atoms with Crippen molar-refractivity contribution in [2.75, 3.05) is 18.0 Å². The minimum Gasteiger partial charge on any atom is -0.351 e. The van der Waals surface area contributed by atoms with Crippen molar-refractivity contribution in [2.45, 2.75) is 32.2 Å². The molecule has 5 rings (SSSR count). The van der Waals surface area contributed by atoms with Crippen molar-refractivity contribution >= 4 is 28.5 Å². The predicted octanol–water partition coefficient (Wildman–Crippen LogP) is 3.77. The Morgan fingerprint density at radius 1 is 0.971 bits per heavy atom. The van der Waals surface area contributed by atoms with Crippen LogP contribution >= 0.6 is 0 Å². The molecule has 2 aromatic carbocycles. The van der Waals surface area contributed by atoms with E-state index in [1.54, 1.807) is 24.4 Å². The third-order valence-electron chi connectivity index (χ3n) is 6.20. The number of anilines is 1. The molecule has 7 nitrogen and oxygen atoms in total. The van der Waals surface area contributed by atoms with Crippen LogP contribution in [-0.4, -0.2) is 39.4 Å². The first-order valence-electron chi connectivity index (χ1n) is 11.7. The number of carbonyl (C=O) groups is 2. The van der Waals surface area contributed by atoms with E-state index in [1.165, 1.54) is 5.56 Å². The summed E-state index contributed by atoms with van der Waals surface area (Å²) in [4.78, 5) is 36.4. The Bertz CT molecular complexity index is 1320. The van der Waals surface area contributed by atoms with E-state index in [1.807, 2.05) is 51.9 Å². The van der Waals surface area contributed by atoms with Gasteiger partial charge in [0.1, 0.15) is 18.1 Å². The third kappa shape index (κ3) is 4.55. The molecule has 1 aliphatic rings. The second kappa shape index (κ2) is 9.87. The maximum atomic E-state index is 13.4. The number of nitrogens with one attached hydrogen (secondary N) is 1. The van der Waals surface area contributed by atoms with Gasteiger partial charge in [0.2, 0.25) is 5.91 Å². The standard InChI is InChI=1S/C27H27N5O2/c33-26(31-18-8-10-20-9-1-3-13-23(20)31)19-32-24-14-4-2-11-21(24)30-25(32)15-7-17-29-27(34)22-12-5-6-16-28-22/h1-6,9,11-14,16H,7-8,10,15,17-19H2,(H,29,34). The van der Waals surface area contributed by atoms with Gasteiger partial charge in [-0.15, -0.1) is 0 Å². The lowest BCUT2D eigenvalue weighted by Crippen LogP contribution is -2.38. The number of pyridine rings is 1. The number of aromatic nitrogens is 3. The lowest BCUT2D eigenvalue weighted by atomic mass is 10.0. The summed E-state index contributed by atoms with van der Waals surface area (Å²) in [6, 6.07) is 21.3. The molecule has 7 heteroatoms. The molecule has 4 aromatic rings. The van der Waals surface area contributed by atoms with Crippen LogP contribution in [0.4, 0.5) is 5.69 Å². The van der Waals surface area contributed by atoms with E-state index in [0.717, 1.165) is 41.9 Å². The van der Waals surface area contributed by atoms with E-state index < -0.39 is 0 Å². The van der Waals surface area contributed by atoms with Crippen LogP contribution in [0.2, 0.25) is 0 Å². The molecule has 0 fully saturated rings. The van der Waals surface area contributed by atoms with Gasteiger partial charge in [-0.2, -0.15) is 0 Å². The zero-order chi connectivity index (χ0) is 23.3. The van der Waals surface area contributed by atoms with Gasteiger partial charge in [-0.05, 0) is 55.2 Å². The number of carbonyl (C=O) groups excluding carboxylic acids is 2. The molecule has 172 valence electrons. The molecule has 1 aliphatic heterocycles. The summed E-state index contributed by atoms with van der Waals surface area (Å²) in [5.74, 6) is 0.736. The van der Waals surface area contributed by atoms with Gasteiger partial charge in [-0.3, -0.25) is 14.6 Å². The summed E-state index contributed by atoms with van der Waals surface area (Å²) in [7, 11) is 0. The summed E-state index contributed by atoms with van der Waals surface area (Å²) in [5.41, 5.74) is 4.47. The van der Waals surface area contributed by atoms with Crippen molar-refractivity contribution in [3.63, 3.8) is 0 Å². The van der Waals surface area contributed by atoms with Gasteiger partial charge >= 0.3 is 0 Å². The largest absolute Gasteiger partial charge is 0.351 e. The van der Waals surface area contributed by atoms with E-state index in [-0.39, 0.29) is 18.4 Å². The fourth-order valence-corrected chi connectivity index (χ4v) is 4.54. The van der Waals surface area contributed by atoms with E-state index in [2.05, 4.69) is 16.4 Å².